The Morgan fingerprint density at radius 1 is 1.39 bits per heavy atom. The number of nitrogens with two attached hydrogens (primary N) is 2. The van der Waals surface area contributed by atoms with Crippen molar-refractivity contribution in [3.8, 4) is 0 Å². The lowest BCUT2D eigenvalue weighted by Gasteiger charge is -2.10. The molecular formula is C10H11F2N3O3. The zero-order valence-corrected chi connectivity index (χ0v) is 9.11. The van der Waals surface area contributed by atoms with E-state index in [0.29, 0.717) is 0 Å². The van der Waals surface area contributed by atoms with Crippen molar-refractivity contribution in [1.82, 2.24) is 5.32 Å². The Labute approximate surface area is 101 Å². The summed E-state index contributed by atoms with van der Waals surface area (Å²) in [5.74, 6) is -4.52. The molecule has 1 rings (SSSR count). The number of rotatable bonds is 4. The molecule has 98 valence electrons. The van der Waals surface area contributed by atoms with Crippen LogP contribution in [-0.2, 0) is 4.79 Å². The molecule has 18 heavy (non-hydrogen) atoms. The van der Waals surface area contributed by atoms with Gasteiger partial charge in [-0.25, -0.2) is 8.78 Å². The van der Waals surface area contributed by atoms with Crippen molar-refractivity contribution in [2.75, 3.05) is 12.3 Å². The summed E-state index contributed by atoms with van der Waals surface area (Å²) in [6.07, 6.45) is -1.64. The van der Waals surface area contributed by atoms with E-state index in [9.17, 15) is 18.4 Å². The number of aliphatic hydroxyl groups is 1. The van der Waals surface area contributed by atoms with Gasteiger partial charge >= 0.3 is 0 Å². The number of carbonyl (C=O) groups is 2. The molecule has 0 heterocycles. The molecule has 0 saturated heterocycles. The Morgan fingerprint density at radius 3 is 2.56 bits per heavy atom. The summed E-state index contributed by atoms with van der Waals surface area (Å²) in [7, 11) is 0. The van der Waals surface area contributed by atoms with Crippen molar-refractivity contribution >= 4 is 17.5 Å². The summed E-state index contributed by atoms with van der Waals surface area (Å²) in [5, 5.41) is 11.0. The maximum atomic E-state index is 13.4. The molecule has 1 aromatic rings. The Kier molecular flexibility index (Phi) is 4.16. The summed E-state index contributed by atoms with van der Waals surface area (Å²) in [6, 6.07) is 1.80. The van der Waals surface area contributed by atoms with Gasteiger partial charge in [0.15, 0.2) is 5.82 Å². The van der Waals surface area contributed by atoms with E-state index in [-0.39, 0.29) is 0 Å². The van der Waals surface area contributed by atoms with Crippen LogP contribution in [0.25, 0.3) is 0 Å². The van der Waals surface area contributed by atoms with Gasteiger partial charge in [0.25, 0.3) is 5.91 Å². The predicted molar refractivity (Wildman–Crippen MR) is 58.3 cm³/mol. The van der Waals surface area contributed by atoms with Gasteiger partial charge in [-0.15, -0.1) is 0 Å². The first kappa shape index (κ1) is 13.8. The van der Waals surface area contributed by atoms with Crippen LogP contribution in [0.3, 0.4) is 0 Å². The lowest BCUT2D eigenvalue weighted by atomic mass is 10.1. The highest BCUT2D eigenvalue weighted by molar-refractivity contribution is 5.96. The van der Waals surface area contributed by atoms with E-state index in [1.807, 2.05) is 5.32 Å². The van der Waals surface area contributed by atoms with Crippen LogP contribution in [0.1, 0.15) is 10.4 Å². The molecular weight excluding hydrogens is 248 g/mol. The molecule has 6 N–H and O–H groups in total. The zero-order valence-electron chi connectivity index (χ0n) is 9.11. The number of aliphatic hydroxyl groups excluding tert-OH is 1. The molecule has 1 atom stereocenters. The van der Waals surface area contributed by atoms with Crippen molar-refractivity contribution in [3.63, 3.8) is 0 Å². The molecule has 8 heteroatoms. The molecule has 1 aromatic carbocycles. The minimum absolute atomic E-state index is 0.392. The number of nitrogen functional groups attached to an aromatic ring is 1. The van der Waals surface area contributed by atoms with Crippen LogP contribution in [0.2, 0.25) is 0 Å². The number of anilines is 1. The van der Waals surface area contributed by atoms with Gasteiger partial charge in [-0.3, -0.25) is 9.59 Å². The predicted octanol–water partition coefficient (Wildman–Crippen LogP) is -0.877. The van der Waals surface area contributed by atoms with Crippen LogP contribution in [0.4, 0.5) is 14.5 Å². The van der Waals surface area contributed by atoms with Gasteiger partial charge in [-0.1, -0.05) is 0 Å². The van der Waals surface area contributed by atoms with Gasteiger partial charge in [-0.05, 0) is 12.1 Å². The van der Waals surface area contributed by atoms with Crippen LogP contribution < -0.4 is 16.8 Å². The van der Waals surface area contributed by atoms with Crippen LogP contribution in [-0.4, -0.2) is 29.6 Å². The van der Waals surface area contributed by atoms with Gasteiger partial charge in [0.1, 0.15) is 17.5 Å². The minimum atomic E-state index is -1.64. The van der Waals surface area contributed by atoms with Crippen LogP contribution in [0.15, 0.2) is 12.1 Å². The van der Waals surface area contributed by atoms with E-state index in [4.69, 9.17) is 16.6 Å². The fourth-order valence-corrected chi connectivity index (χ4v) is 1.16. The number of halogens is 2. The first-order valence-corrected chi connectivity index (χ1v) is 4.83. The molecule has 0 aliphatic rings. The number of nitrogens with one attached hydrogen (secondary N) is 1. The number of hydrogen-bond donors (Lipinski definition) is 4. The van der Waals surface area contributed by atoms with Crippen molar-refractivity contribution in [3.05, 3.63) is 29.3 Å². The van der Waals surface area contributed by atoms with E-state index >= 15 is 0 Å². The zero-order chi connectivity index (χ0) is 13.9. The number of primary amides is 1. The second-order valence-corrected chi connectivity index (χ2v) is 3.45. The SMILES string of the molecule is NC(=O)C(O)CNC(=O)c1c(F)ccc(N)c1F. The Bertz CT molecular complexity index is 494. The molecule has 0 aromatic heterocycles. The summed E-state index contributed by atoms with van der Waals surface area (Å²) in [6.45, 7) is -0.554. The largest absolute Gasteiger partial charge is 0.396 e. The van der Waals surface area contributed by atoms with E-state index in [2.05, 4.69) is 0 Å². The molecule has 6 nitrogen and oxygen atoms in total. The normalized spacial score (nSPS) is 11.9. The van der Waals surface area contributed by atoms with Gasteiger partial charge in [0.05, 0.1) is 12.2 Å². The number of amides is 2. The Morgan fingerprint density at radius 2 is 2.00 bits per heavy atom. The van der Waals surface area contributed by atoms with E-state index in [0.717, 1.165) is 12.1 Å². The minimum Gasteiger partial charge on any atom is -0.396 e. The third-order valence-electron chi connectivity index (χ3n) is 2.13. The topological polar surface area (TPSA) is 118 Å². The molecule has 0 aliphatic heterocycles. The molecule has 0 saturated carbocycles. The van der Waals surface area contributed by atoms with Gasteiger partial charge in [0.2, 0.25) is 5.91 Å². The highest BCUT2D eigenvalue weighted by atomic mass is 19.1. The maximum Gasteiger partial charge on any atom is 0.257 e. The second kappa shape index (κ2) is 5.41. The van der Waals surface area contributed by atoms with Crippen molar-refractivity contribution in [1.29, 1.82) is 0 Å². The van der Waals surface area contributed by atoms with E-state index in [1.54, 1.807) is 0 Å². The van der Waals surface area contributed by atoms with E-state index < -0.39 is 47.3 Å². The number of benzene rings is 1. The summed E-state index contributed by atoms with van der Waals surface area (Å²) in [5.41, 5.74) is 8.65. The Balaban J connectivity index is 2.85. The third kappa shape index (κ3) is 2.92. The van der Waals surface area contributed by atoms with Crippen LogP contribution in [0.5, 0.6) is 0 Å². The second-order valence-electron chi connectivity index (χ2n) is 3.45. The highest BCUT2D eigenvalue weighted by Gasteiger charge is 2.21. The first-order valence-electron chi connectivity index (χ1n) is 4.83. The quantitative estimate of drug-likeness (QED) is 0.525. The fraction of sp³-hybridized carbons (Fsp3) is 0.200. The maximum absolute atomic E-state index is 13.4. The van der Waals surface area contributed by atoms with Crippen LogP contribution in [0, 0.1) is 11.6 Å². The van der Waals surface area contributed by atoms with Crippen molar-refractivity contribution in [2.45, 2.75) is 6.10 Å². The molecule has 0 fully saturated rings. The summed E-state index contributed by atoms with van der Waals surface area (Å²) >= 11 is 0. The summed E-state index contributed by atoms with van der Waals surface area (Å²) < 4.78 is 26.7. The Hall–Kier alpha value is -2.22. The molecule has 0 aliphatic carbocycles. The van der Waals surface area contributed by atoms with Crippen molar-refractivity contribution in [2.24, 2.45) is 5.73 Å². The molecule has 1 unspecified atom stereocenters. The monoisotopic (exact) mass is 259 g/mol. The summed E-state index contributed by atoms with van der Waals surface area (Å²) in [4.78, 5) is 21.9. The molecule has 0 radical (unpaired) electrons. The average Bonchev–Trinajstić information content (AvgIpc) is 2.31. The van der Waals surface area contributed by atoms with Gasteiger partial charge < -0.3 is 21.9 Å². The van der Waals surface area contributed by atoms with Gasteiger partial charge in [0, 0.05) is 0 Å². The average molecular weight is 259 g/mol. The lowest BCUT2D eigenvalue weighted by molar-refractivity contribution is -0.125. The van der Waals surface area contributed by atoms with Crippen LogP contribution >= 0.6 is 0 Å². The van der Waals surface area contributed by atoms with Crippen molar-refractivity contribution < 1.29 is 23.5 Å². The molecule has 0 spiro atoms. The lowest BCUT2D eigenvalue weighted by Crippen LogP contribution is -2.40. The highest BCUT2D eigenvalue weighted by Crippen LogP contribution is 2.18. The van der Waals surface area contributed by atoms with Gasteiger partial charge in [-0.2, -0.15) is 0 Å². The molecule has 2 amide bonds. The fourth-order valence-electron chi connectivity index (χ4n) is 1.16. The smallest absolute Gasteiger partial charge is 0.257 e. The standard InChI is InChI=1S/C10H11F2N3O3/c11-4-1-2-5(13)8(12)7(4)10(18)15-3-6(16)9(14)17/h1-2,6,16H,3,13H2,(H2,14,17)(H,15,18). The molecule has 0 bridgehead atoms. The third-order valence-corrected chi connectivity index (χ3v) is 2.13. The number of carbonyl (C=O) groups excluding carboxylic acids is 2. The first-order chi connectivity index (χ1) is 8.34. The number of hydrogen-bond acceptors (Lipinski definition) is 4. The van der Waals surface area contributed by atoms with E-state index in [1.165, 1.54) is 0 Å².